The lowest BCUT2D eigenvalue weighted by molar-refractivity contribution is 1.62. The Labute approximate surface area is 167 Å². The van der Waals surface area contributed by atoms with Crippen LogP contribution in [0.4, 0.5) is 0 Å². The Kier molecular flexibility index (Phi) is 7.29. The predicted molar refractivity (Wildman–Crippen MR) is 118 cm³/mol. The van der Waals surface area contributed by atoms with Gasteiger partial charge in [-0.2, -0.15) is 0 Å². The SMILES string of the molecule is C(#Cc1ccccc1)c1ccccc1.C(#Cc1ccccc1)c1ccccc1. The molecule has 0 aliphatic carbocycles. The summed E-state index contributed by atoms with van der Waals surface area (Å²) < 4.78 is 0. The van der Waals surface area contributed by atoms with E-state index in [1.165, 1.54) is 0 Å². The van der Waals surface area contributed by atoms with E-state index in [4.69, 9.17) is 0 Å². The van der Waals surface area contributed by atoms with E-state index in [1.54, 1.807) is 0 Å². The van der Waals surface area contributed by atoms with Gasteiger partial charge >= 0.3 is 0 Å². The molecule has 4 rings (SSSR count). The van der Waals surface area contributed by atoms with E-state index in [2.05, 4.69) is 23.7 Å². The Morgan fingerprint density at radius 3 is 0.607 bits per heavy atom. The van der Waals surface area contributed by atoms with Crippen LogP contribution < -0.4 is 0 Å². The Morgan fingerprint density at radius 2 is 0.429 bits per heavy atom. The molecule has 0 atom stereocenters. The third kappa shape index (κ3) is 6.72. The van der Waals surface area contributed by atoms with Crippen LogP contribution in [0.1, 0.15) is 22.3 Å². The number of rotatable bonds is 0. The average Bonchev–Trinajstić information content (AvgIpc) is 2.80. The van der Waals surface area contributed by atoms with E-state index in [0.717, 1.165) is 22.3 Å². The Bertz CT molecular complexity index is 893. The maximum absolute atomic E-state index is 3.11. The summed E-state index contributed by atoms with van der Waals surface area (Å²) in [5, 5.41) is 0. The fraction of sp³-hybridized carbons (Fsp3) is 0. The molecule has 4 aromatic rings. The van der Waals surface area contributed by atoms with Gasteiger partial charge in [-0.1, -0.05) is 96.5 Å². The molecule has 28 heavy (non-hydrogen) atoms. The first-order valence-electron chi connectivity index (χ1n) is 9.14. The molecule has 0 saturated heterocycles. The van der Waals surface area contributed by atoms with Gasteiger partial charge in [0.25, 0.3) is 0 Å². The van der Waals surface area contributed by atoms with E-state index >= 15 is 0 Å². The van der Waals surface area contributed by atoms with E-state index in [1.807, 2.05) is 121 Å². The largest absolute Gasteiger partial charge is 0.0622 e. The van der Waals surface area contributed by atoms with Crippen molar-refractivity contribution in [3.63, 3.8) is 0 Å². The van der Waals surface area contributed by atoms with Crippen molar-refractivity contribution in [2.45, 2.75) is 0 Å². The summed E-state index contributed by atoms with van der Waals surface area (Å²) in [7, 11) is 0. The second-order valence-corrected chi connectivity index (χ2v) is 5.96. The normalized spacial score (nSPS) is 8.86. The lowest BCUT2D eigenvalue weighted by Crippen LogP contribution is -1.73. The van der Waals surface area contributed by atoms with Crippen LogP contribution in [0.5, 0.6) is 0 Å². The highest BCUT2D eigenvalue weighted by Crippen LogP contribution is 1.99. The highest BCUT2D eigenvalue weighted by molar-refractivity contribution is 5.43. The van der Waals surface area contributed by atoms with Crippen LogP contribution in [0.15, 0.2) is 121 Å². The molecule has 0 spiro atoms. The van der Waals surface area contributed by atoms with Crippen LogP contribution in [0.2, 0.25) is 0 Å². The molecule has 0 fully saturated rings. The van der Waals surface area contributed by atoms with Crippen LogP contribution >= 0.6 is 0 Å². The molecule has 0 radical (unpaired) electrons. The minimum atomic E-state index is 1.05. The summed E-state index contributed by atoms with van der Waals surface area (Å²) >= 11 is 0. The molecule has 0 heteroatoms. The molecule has 0 aliphatic heterocycles. The van der Waals surface area contributed by atoms with E-state index in [-0.39, 0.29) is 0 Å². The van der Waals surface area contributed by atoms with E-state index in [9.17, 15) is 0 Å². The van der Waals surface area contributed by atoms with Crippen LogP contribution in [0, 0.1) is 23.7 Å². The Balaban J connectivity index is 0.000000161. The zero-order valence-electron chi connectivity index (χ0n) is 15.5. The van der Waals surface area contributed by atoms with Crippen LogP contribution in [0.25, 0.3) is 0 Å². The van der Waals surface area contributed by atoms with Gasteiger partial charge in [-0.3, -0.25) is 0 Å². The zero-order chi connectivity index (χ0) is 19.3. The molecule has 0 amide bonds. The summed E-state index contributed by atoms with van der Waals surface area (Å²) in [5.74, 6) is 12.4. The predicted octanol–water partition coefficient (Wildman–Crippen LogP) is 6.17. The van der Waals surface area contributed by atoms with Gasteiger partial charge in [0.2, 0.25) is 0 Å². The van der Waals surface area contributed by atoms with Gasteiger partial charge in [-0.05, 0) is 48.5 Å². The van der Waals surface area contributed by atoms with E-state index < -0.39 is 0 Å². The minimum absolute atomic E-state index is 1.05. The van der Waals surface area contributed by atoms with Gasteiger partial charge in [0.15, 0.2) is 0 Å². The third-order valence-corrected chi connectivity index (χ3v) is 3.80. The van der Waals surface area contributed by atoms with Crippen molar-refractivity contribution in [2.75, 3.05) is 0 Å². The smallest absolute Gasteiger partial charge is 0.0249 e. The quantitative estimate of drug-likeness (QED) is 0.330. The van der Waals surface area contributed by atoms with Crippen molar-refractivity contribution in [1.29, 1.82) is 0 Å². The number of benzene rings is 4. The van der Waals surface area contributed by atoms with Crippen molar-refractivity contribution in [3.05, 3.63) is 144 Å². The monoisotopic (exact) mass is 356 g/mol. The van der Waals surface area contributed by atoms with Crippen LogP contribution in [-0.4, -0.2) is 0 Å². The van der Waals surface area contributed by atoms with Gasteiger partial charge in [0.05, 0.1) is 0 Å². The molecule has 0 unspecified atom stereocenters. The van der Waals surface area contributed by atoms with Crippen molar-refractivity contribution in [1.82, 2.24) is 0 Å². The van der Waals surface area contributed by atoms with Crippen molar-refractivity contribution < 1.29 is 0 Å². The van der Waals surface area contributed by atoms with Crippen molar-refractivity contribution >= 4 is 0 Å². The van der Waals surface area contributed by atoms with Gasteiger partial charge in [-0.25, -0.2) is 0 Å². The topological polar surface area (TPSA) is 0 Å². The maximum atomic E-state index is 3.11. The molecule has 0 aromatic heterocycles. The zero-order valence-corrected chi connectivity index (χ0v) is 15.5. The lowest BCUT2D eigenvalue weighted by atomic mass is 10.2. The second kappa shape index (κ2) is 10.9. The minimum Gasteiger partial charge on any atom is -0.0622 e. The molecule has 0 heterocycles. The fourth-order valence-corrected chi connectivity index (χ4v) is 2.37. The summed E-state index contributed by atoms with van der Waals surface area (Å²) in [6.07, 6.45) is 0. The molecular formula is C28H20. The lowest BCUT2D eigenvalue weighted by Gasteiger charge is -1.88. The van der Waals surface area contributed by atoms with Gasteiger partial charge < -0.3 is 0 Å². The summed E-state index contributed by atoms with van der Waals surface area (Å²) in [4.78, 5) is 0. The molecule has 0 saturated carbocycles. The number of hydrogen-bond donors (Lipinski definition) is 0. The third-order valence-electron chi connectivity index (χ3n) is 3.80. The highest BCUT2D eigenvalue weighted by Gasteiger charge is 1.84. The van der Waals surface area contributed by atoms with E-state index in [0.29, 0.717) is 0 Å². The first-order valence-corrected chi connectivity index (χ1v) is 9.14. The molecule has 0 nitrogen and oxygen atoms in total. The first-order chi connectivity index (χ1) is 13.9. The van der Waals surface area contributed by atoms with Gasteiger partial charge in [0.1, 0.15) is 0 Å². The Morgan fingerprint density at radius 1 is 0.250 bits per heavy atom. The standard InChI is InChI=1S/2C14H10/c2*1-3-7-13(8-4-1)11-12-14-9-5-2-6-10-14/h2*1-10H. The van der Waals surface area contributed by atoms with Crippen LogP contribution in [-0.2, 0) is 0 Å². The van der Waals surface area contributed by atoms with Crippen molar-refractivity contribution in [3.8, 4) is 23.7 Å². The number of hydrogen-bond acceptors (Lipinski definition) is 0. The molecule has 0 N–H and O–H groups in total. The summed E-state index contributed by atoms with van der Waals surface area (Å²) in [6.45, 7) is 0. The van der Waals surface area contributed by atoms with Crippen molar-refractivity contribution in [2.24, 2.45) is 0 Å². The second-order valence-electron chi connectivity index (χ2n) is 5.96. The highest BCUT2D eigenvalue weighted by atomic mass is 13.9. The van der Waals surface area contributed by atoms with Gasteiger partial charge in [-0.15, -0.1) is 0 Å². The summed E-state index contributed by atoms with van der Waals surface area (Å²) in [5.41, 5.74) is 4.21. The van der Waals surface area contributed by atoms with Gasteiger partial charge in [0, 0.05) is 22.3 Å². The molecule has 4 aromatic carbocycles. The molecular weight excluding hydrogens is 336 g/mol. The molecule has 0 bridgehead atoms. The van der Waals surface area contributed by atoms with Crippen LogP contribution in [0.3, 0.4) is 0 Å². The first kappa shape index (κ1) is 18.8. The molecule has 0 aliphatic rings. The maximum Gasteiger partial charge on any atom is 0.0249 e. The summed E-state index contributed by atoms with van der Waals surface area (Å²) in [6, 6.07) is 40.0. The Hall–Kier alpha value is -4.00. The molecule has 132 valence electrons. The average molecular weight is 356 g/mol. The fourth-order valence-electron chi connectivity index (χ4n) is 2.37.